The molecule has 1 aliphatic heterocycles. The molecule has 2 heterocycles. The first-order valence-electron chi connectivity index (χ1n) is 9.17. The van der Waals surface area contributed by atoms with Crippen LogP contribution in [0, 0.1) is 0 Å². The summed E-state index contributed by atoms with van der Waals surface area (Å²) in [6.07, 6.45) is 1.67. The average Bonchev–Trinajstić information content (AvgIpc) is 2.69. The van der Waals surface area contributed by atoms with Gasteiger partial charge in [0.1, 0.15) is 11.6 Å². The Morgan fingerprint density at radius 3 is 2.35 bits per heavy atom. The van der Waals surface area contributed by atoms with Gasteiger partial charge in [-0.2, -0.15) is 0 Å². The minimum Gasteiger partial charge on any atom is -0.506 e. The third kappa shape index (κ3) is 3.74. The van der Waals surface area contributed by atoms with E-state index < -0.39 is 0 Å². The van der Waals surface area contributed by atoms with E-state index >= 15 is 0 Å². The van der Waals surface area contributed by atoms with Gasteiger partial charge in [-0.05, 0) is 38.1 Å². The number of hydrogen-bond donors (Lipinski definition) is 1. The van der Waals surface area contributed by atoms with Crippen molar-refractivity contribution in [1.82, 2.24) is 9.88 Å². The largest absolute Gasteiger partial charge is 0.506 e. The zero-order valence-electron chi connectivity index (χ0n) is 15.4. The first-order valence-corrected chi connectivity index (χ1v) is 9.17. The van der Waals surface area contributed by atoms with Gasteiger partial charge < -0.3 is 19.8 Å². The molecule has 6 nitrogen and oxygen atoms in total. The van der Waals surface area contributed by atoms with Crippen LogP contribution in [-0.2, 0) is 0 Å². The van der Waals surface area contributed by atoms with Crippen molar-refractivity contribution in [3.63, 3.8) is 0 Å². The lowest BCUT2D eigenvalue weighted by molar-refractivity contribution is 0.0746. The van der Waals surface area contributed by atoms with Crippen molar-refractivity contribution < 1.29 is 9.90 Å². The second-order valence-corrected chi connectivity index (χ2v) is 6.35. The molecule has 26 heavy (non-hydrogen) atoms. The fraction of sp³-hybridized carbons (Fsp3) is 0.400. The first kappa shape index (κ1) is 18.0. The van der Waals surface area contributed by atoms with Crippen LogP contribution in [0.3, 0.4) is 0 Å². The average molecular weight is 354 g/mol. The van der Waals surface area contributed by atoms with Crippen molar-refractivity contribution in [2.75, 3.05) is 49.1 Å². The van der Waals surface area contributed by atoms with Crippen LogP contribution in [0.2, 0.25) is 0 Å². The Labute approximate surface area is 154 Å². The molecule has 1 saturated heterocycles. The lowest BCUT2D eigenvalue weighted by Gasteiger charge is -2.36. The molecule has 0 saturated carbocycles. The lowest BCUT2D eigenvalue weighted by atomic mass is 10.2. The molecule has 1 aliphatic rings. The molecule has 0 unspecified atom stereocenters. The molecule has 0 bridgehead atoms. The Bertz CT molecular complexity index is 736. The smallest absolute Gasteiger partial charge is 0.255 e. The summed E-state index contributed by atoms with van der Waals surface area (Å²) >= 11 is 0. The molecular weight excluding hydrogens is 328 g/mol. The Hall–Kier alpha value is -2.76. The molecule has 1 N–H and O–H groups in total. The number of benzene rings is 1. The molecule has 1 aromatic carbocycles. The van der Waals surface area contributed by atoms with Crippen LogP contribution in [0.25, 0.3) is 0 Å². The second kappa shape index (κ2) is 8.08. The summed E-state index contributed by atoms with van der Waals surface area (Å²) in [6, 6.07) is 11.1. The number of rotatable bonds is 5. The maximum absolute atomic E-state index is 12.7. The van der Waals surface area contributed by atoms with Crippen molar-refractivity contribution >= 4 is 17.4 Å². The predicted molar refractivity (Wildman–Crippen MR) is 104 cm³/mol. The van der Waals surface area contributed by atoms with Gasteiger partial charge in [0.05, 0.1) is 11.3 Å². The van der Waals surface area contributed by atoms with Gasteiger partial charge in [-0.1, -0.05) is 12.1 Å². The lowest BCUT2D eigenvalue weighted by Crippen LogP contribution is -2.48. The maximum atomic E-state index is 12.7. The first-order chi connectivity index (χ1) is 12.6. The van der Waals surface area contributed by atoms with Gasteiger partial charge >= 0.3 is 0 Å². The summed E-state index contributed by atoms with van der Waals surface area (Å²) in [5.74, 6) is 1.19. The molecule has 0 aliphatic carbocycles. The van der Waals surface area contributed by atoms with Gasteiger partial charge in [-0.3, -0.25) is 4.79 Å². The molecule has 3 rings (SSSR count). The zero-order chi connectivity index (χ0) is 18.5. The fourth-order valence-electron chi connectivity index (χ4n) is 3.31. The van der Waals surface area contributed by atoms with E-state index in [1.807, 2.05) is 35.2 Å². The molecule has 0 radical (unpaired) electrons. The van der Waals surface area contributed by atoms with Crippen molar-refractivity contribution in [2.24, 2.45) is 0 Å². The molecule has 1 aromatic heterocycles. The highest BCUT2D eigenvalue weighted by Crippen LogP contribution is 2.27. The summed E-state index contributed by atoms with van der Waals surface area (Å²) in [5.41, 5.74) is 1.45. The van der Waals surface area contributed by atoms with E-state index in [2.05, 4.69) is 28.6 Å². The van der Waals surface area contributed by atoms with Crippen LogP contribution in [0.4, 0.5) is 11.5 Å². The third-order valence-electron chi connectivity index (χ3n) is 4.87. The fourth-order valence-corrected chi connectivity index (χ4v) is 3.31. The van der Waals surface area contributed by atoms with Crippen molar-refractivity contribution in [3.8, 4) is 5.75 Å². The molecule has 1 amide bonds. The van der Waals surface area contributed by atoms with Crippen LogP contribution < -0.4 is 9.80 Å². The summed E-state index contributed by atoms with van der Waals surface area (Å²) < 4.78 is 0. The van der Waals surface area contributed by atoms with E-state index in [9.17, 15) is 9.90 Å². The van der Waals surface area contributed by atoms with Crippen molar-refractivity contribution in [1.29, 1.82) is 0 Å². The topological polar surface area (TPSA) is 59.9 Å². The summed E-state index contributed by atoms with van der Waals surface area (Å²) in [4.78, 5) is 23.3. The Morgan fingerprint density at radius 1 is 1.08 bits per heavy atom. The van der Waals surface area contributed by atoms with E-state index in [1.54, 1.807) is 12.3 Å². The number of anilines is 2. The molecule has 1 fully saturated rings. The van der Waals surface area contributed by atoms with Crippen molar-refractivity contribution in [3.05, 3.63) is 48.2 Å². The Morgan fingerprint density at radius 2 is 1.77 bits per heavy atom. The van der Waals surface area contributed by atoms with E-state index in [-0.39, 0.29) is 11.7 Å². The quantitative estimate of drug-likeness (QED) is 0.894. The number of nitrogens with zero attached hydrogens (tertiary/aromatic N) is 4. The molecule has 0 atom stereocenters. The van der Waals surface area contributed by atoms with Crippen LogP contribution in [0.5, 0.6) is 5.75 Å². The number of hydrogen-bond acceptors (Lipinski definition) is 5. The van der Waals surface area contributed by atoms with E-state index in [4.69, 9.17) is 0 Å². The molecule has 138 valence electrons. The number of carbonyl (C=O) groups is 1. The molecule has 2 aromatic rings. The van der Waals surface area contributed by atoms with Crippen LogP contribution in [0.15, 0.2) is 42.6 Å². The SMILES string of the molecule is CCN(CC)c1ccc(C(=O)N2CCN(c3ccccc3O)CC2)cn1. The van der Waals surface area contributed by atoms with E-state index in [1.165, 1.54) is 0 Å². The summed E-state index contributed by atoms with van der Waals surface area (Å²) in [6.45, 7) is 8.64. The monoisotopic (exact) mass is 354 g/mol. The Kier molecular flexibility index (Phi) is 5.61. The number of aromatic nitrogens is 1. The minimum absolute atomic E-state index is 0.0144. The summed E-state index contributed by atoms with van der Waals surface area (Å²) in [5, 5.41) is 9.99. The highest BCUT2D eigenvalue weighted by atomic mass is 16.3. The number of para-hydroxylation sites is 2. The van der Waals surface area contributed by atoms with Gasteiger partial charge in [0, 0.05) is 45.5 Å². The van der Waals surface area contributed by atoms with Crippen LogP contribution >= 0.6 is 0 Å². The van der Waals surface area contributed by atoms with Crippen molar-refractivity contribution in [2.45, 2.75) is 13.8 Å². The van der Waals surface area contributed by atoms with Gasteiger partial charge in [0.15, 0.2) is 0 Å². The number of phenols is 1. The van der Waals surface area contributed by atoms with Crippen LogP contribution in [-0.4, -0.2) is 60.2 Å². The van der Waals surface area contributed by atoms with Crippen LogP contribution in [0.1, 0.15) is 24.2 Å². The number of aromatic hydroxyl groups is 1. The van der Waals surface area contributed by atoms with Gasteiger partial charge in [-0.15, -0.1) is 0 Å². The highest BCUT2D eigenvalue weighted by molar-refractivity contribution is 5.94. The maximum Gasteiger partial charge on any atom is 0.255 e. The van der Waals surface area contributed by atoms with Gasteiger partial charge in [0.25, 0.3) is 5.91 Å². The Balaban J connectivity index is 1.62. The van der Waals surface area contributed by atoms with Gasteiger partial charge in [0.2, 0.25) is 0 Å². The third-order valence-corrected chi connectivity index (χ3v) is 4.87. The number of amides is 1. The molecule has 6 heteroatoms. The normalized spacial score (nSPS) is 14.4. The number of pyridine rings is 1. The van der Waals surface area contributed by atoms with E-state index in [0.717, 1.165) is 24.6 Å². The zero-order valence-corrected chi connectivity index (χ0v) is 15.4. The second-order valence-electron chi connectivity index (χ2n) is 6.35. The standard InChI is InChI=1S/C20H26N4O2/c1-3-22(4-2)19-10-9-16(15-21-19)20(26)24-13-11-23(12-14-24)17-7-5-6-8-18(17)25/h5-10,15,25H,3-4,11-14H2,1-2H3. The minimum atomic E-state index is 0.0144. The number of phenolic OH excluding ortho intramolecular Hbond substituents is 1. The molecule has 0 spiro atoms. The van der Waals surface area contributed by atoms with E-state index in [0.29, 0.717) is 31.7 Å². The number of piperazine rings is 1. The molecular formula is C20H26N4O2. The highest BCUT2D eigenvalue weighted by Gasteiger charge is 2.23. The number of carbonyl (C=O) groups excluding carboxylic acids is 1. The predicted octanol–water partition coefficient (Wildman–Crippen LogP) is 2.60. The summed E-state index contributed by atoms with van der Waals surface area (Å²) in [7, 11) is 0. The van der Waals surface area contributed by atoms with Gasteiger partial charge in [-0.25, -0.2) is 4.98 Å².